The second kappa shape index (κ2) is 13.9. The number of nitrogens with two attached hydrogens (primary N) is 2. The summed E-state index contributed by atoms with van der Waals surface area (Å²) in [6.07, 6.45) is 1.64. The van der Waals surface area contributed by atoms with Crippen molar-refractivity contribution in [3.05, 3.63) is 42.1 Å². The van der Waals surface area contributed by atoms with Gasteiger partial charge in [0.15, 0.2) is 23.3 Å². The summed E-state index contributed by atoms with van der Waals surface area (Å²) < 4.78 is 13.2. The largest absolute Gasteiger partial charge is 0.370 e. The highest BCUT2D eigenvalue weighted by Crippen LogP contribution is 2.29. The van der Waals surface area contributed by atoms with E-state index in [9.17, 15) is 23.6 Å². The fourth-order valence-corrected chi connectivity index (χ4v) is 5.12. The van der Waals surface area contributed by atoms with Gasteiger partial charge in [-0.15, -0.1) is 0 Å². The molecular weight excluding hydrogens is 501 g/mol. The van der Waals surface area contributed by atoms with E-state index in [2.05, 4.69) is 9.98 Å². The molecule has 9 nitrogen and oxygen atoms in total. The van der Waals surface area contributed by atoms with E-state index in [4.69, 9.17) is 11.5 Å². The van der Waals surface area contributed by atoms with E-state index in [0.29, 0.717) is 37.0 Å². The Morgan fingerprint density at radius 2 is 1.85 bits per heavy atom. The van der Waals surface area contributed by atoms with Gasteiger partial charge in [-0.2, -0.15) is 0 Å². The first kappa shape index (κ1) is 29.9. The minimum Gasteiger partial charge on any atom is -0.370 e. The normalized spacial score (nSPS) is 16.7. The Morgan fingerprint density at radius 1 is 1.10 bits per heavy atom. The Balaban J connectivity index is 1.69. The molecule has 0 unspecified atom stereocenters. The van der Waals surface area contributed by atoms with Crippen molar-refractivity contribution in [2.75, 3.05) is 19.8 Å². The summed E-state index contributed by atoms with van der Waals surface area (Å²) in [6, 6.07) is 10.3. The van der Waals surface area contributed by atoms with Crippen LogP contribution in [0.2, 0.25) is 0 Å². The zero-order chi connectivity index (χ0) is 28.5. The lowest BCUT2D eigenvalue weighted by Crippen LogP contribution is -2.45. The maximum Gasteiger partial charge on any atom is 0.227 e. The molecular formula is C29H38FN5O4. The van der Waals surface area contributed by atoms with Crippen LogP contribution in [0.25, 0.3) is 10.9 Å². The van der Waals surface area contributed by atoms with Crippen LogP contribution in [-0.2, 0) is 14.4 Å². The number of halogens is 1. The molecule has 39 heavy (non-hydrogen) atoms. The Morgan fingerprint density at radius 3 is 2.54 bits per heavy atom. The van der Waals surface area contributed by atoms with Crippen LogP contribution in [0, 0.1) is 17.8 Å². The van der Waals surface area contributed by atoms with Gasteiger partial charge in [0.1, 0.15) is 12.4 Å². The number of hydrogen-bond donors (Lipinski definition) is 2. The van der Waals surface area contributed by atoms with Gasteiger partial charge in [-0.3, -0.25) is 24.2 Å². The molecule has 1 aromatic carbocycles. The van der Waals surface area contributed by atoms with E-state index in [1.54, 1.807) is 11.0 Å². The summed E-state index contributed by atoms with van der Waals surface area (Å²) in [7, 11) is 0. The fourth-order valence-electron chi connectivity index (χ4n) is 5.12. The molecule has 2 heterocycles. The summed E-state index contributed by atoms with van der Waals surface area (Å²) in [4.78, 5) is 62.2. The molecule has 10 heteroatoms. The monoisotopic (exact) mass is 539 g/mol. The zero-order valence-electron chi connectivity index (χ0n) is 22.6. The van der Waals surface area contributed by atoms with Gasteiger partial charge in [0.2, 0.25) is 5.91 Å². The zero-order valence-corrected chi connectivity index (χ0v) is 22.6. The molecule has 210 valence electrons. The number of carbonyl (C=O) groups excluding carboxylic acids is 4. The van der Waals surface area contributed by atoms with Gasteiger partial charge in [0, 0.05) is 43.2 Å². The van der Waals surface area contributed by atoms with E-state index in [0.717, 1.165) is 5.39 Å². The molecule has 0 bridgehead atoms. The van der Waals surface area contributed by atoms with Crippen molar-refractivity contribution in [1.29, 1.82) is 0 Å². The molecule has 4 N–H and O–H groups in total. The average molecular weight is 540 g/mol. The third-order valence-corrected chi connectivity index (χ3v) is 7.36. The number of aliphatic imine (C=N–C) groups is 1. The average Bonchev–Trinajstić information content (AvgIpc) is 3.42. The topological polar surface area (TPSA) is 149 Å². The van der Waals surface area contributed by atoms with Crippen molar-refractivity contribution in [2.45, 2.75) is 58.4 Å². The standard InChI is InChI=1S/C29H38FN5O4/c1-18(2)21(16-25(36)23-12-11-19-7-3-4-9-22(19)34-23)28(39)35-14-6-10-24(35)26(37)15-20(27(38)17-30)8-5-13-33-29(31)32/h3-4,7,9,11-12,18,20-21,24H,5-6,8,10,13-17H2,1-2H3,(H4,31,32,33)/t20-,21+,24+/m1/s1. The number of alkyl halides is 1. The Labute approximate surface area is 228 Å². The van der Waals surface area contributed by atoms with Crippen molar-refractivity contribution in [1.82, 2.24) is 9.88 Å². The second-order valence-electron chi connectivity index (χ2n) is 10.5. The number of nitrogens with zero attached hydrogens (tertiary/aromatic N) is 3. The number of rotatable bonds is 14. The Bertz CT molecular complexity index is 1230. The third kappa shape index (κ3) is 7.91. The van der Waals surface area contributed by atoms with Crippen molar-refractivity contribution in [3.63, 3.8) is 0 Å². The fraction of sp³-hybridized carbons (Fsp3) is 0.517. The van der Waals surface area contributed by atoms with Crippen LogP contribution in [0.1, 0.15) is 62.9 Å². The van der Waals surface area contributed by atoms with E-state index >= 15 is 0 Å². The Kier molecular flexibility index (Phi) is 10.7. The smallest absolute Gasteiger partial charge is 0.227 e. The van der Waals surface area contributed by atoms with E-state index in [-0.39, 0.29) is 55.2 Å². The molecule has 1 amide bonds. The number of pyridine rings is 1. The maximum absolute atomic E-state index is 13.7. The highest BCUT2D eigenvalue weighted by atomic mass is 19.1. The molecule has 1 fully saturated rings. The lowest BCUT2D eigenvalue weighted by molar-refractivity contribution is -0.142. The number of amides is 1. The van der Waals surface area contributed by atoms with Gasteiger partial charge < -0.3 is 16.4 Å². The lowest BCUT2D eigenvalue weighted by atomic mass is 9.87. The van der Waals surface area contributed by atoms with Crippen LogP contribution in [0.4, 0.5) is 4.39 Å². The van der Waals surface area contributed by atoms with Crippen LogP contribution in [-0.4, -0.2) is 64.9 Å². The molecule has 0 aliphatic carbocycles. The number of guanidine groups is 1. The van der Waals surface area contributed by atoms with Crippen LogP contribution >= 0.6 is 0 Å². The number of hydrogen-bond acceptors (Lipinski definition) is 6. The number of para-hydroxylation sites is 1. The first-order valence-corrected chi connectivity index (χ1v) is 13.5. The molecule has 3 rings (SSSR count). The molecule has 0 spiro atoms. The van der Waals surface area contributed by atoms with Crippen molar-refractivity contribution in [2.24, 2.45) is 34.2 Å². The number of carbonyl (C=O) groups is 4. The number of ketones is 3. The second-order valence-corrected chi connectivity index (χ2v) is 10.5. The predicted octanol–water partition coefficient (Wildman–Crippen LogP) is 3.24. The summed E-state index contributed by atoms with van der Waals surface area (Å²) >= 11 is 0. The van der Waals surface area contributed by atoms with Crippen LogP contribution in [0.15, 0.2) is 41.4 Å². The highest BCUT2D eigenvalue weighted by Gasteiger charge is 2.39. The summed E-state index contributed by atoms with van der Waals surface area (Å²) in [6.45, 7) is 3.27. The summed E-state index contributed by atoms with van der Waals surface area (Å²) in [5, 5.41) is 0.921. The van der Waals surface area contributed by atoms with E-state index in [1.807, 2.05) is 44.2 Å². The predicted molar refractivity (Wildman–Crippen MR) is 148 cm³/mol. The molecule has 1 saturated heterocycles. The van der Waals surface area contributed by atoms with Crippen molar-refractivity contribution >= 4 is 40.1 Å². The summed E-state index contributed by atoms with van der Waals surface area (Å²) in [5.74, 6) is -3.03. The number of aromatic nitrogens is 1. The highest BCUT2D eigenvalue weighted by molar-refractivity contribution is 6.00. The molecule has 2 aromatic rings. The van der Waals surface area contributed by atoms with Crippen molar-refractivity contribution < 1.29 is 23.6 Å². The number of likely N-dealkylation sites (tertiary alicyclic amines) is 1. The minimum absolute atomic E-state index is 0.0208. The van der Waals surface area contributed by atoms with Gasteiger partial charge in [-0.05, 0) is 43.7 Å². The third-order valence-electron chi connectivity index (χ3n) is 7.36. The molecule has 1 aliphatic rings. The van der Waals surface area contributed by atoms with Gasteiger partial charge in [-0.1, -0.05) is 38.1 Å². The lowest BCUT2D eigenvalue weighted by Gasteiger charge is -2.30. The minimum atomic E-state index is -1.16. The van der Waals surface area contributed by atoms with Gasteiger partial charge in [-0.25, -0.2) is 9.37 Å². The summed E-state index contributed by atoms with van der Waals surface area (Å²) in [5.41, 5.74) is 11.6. The van der Waals surface area contributed by atoms with E-state index < -0.39 is 30.3 Å². The van der Waals surface area contributed by atoms with Gasteiger partial charge in [0.25, 0.3) is 0 Å². The quantitative estimate of drug-likeness (QED) is 0.162. The maximum atomic E-state index is 13.7. The van der Waals surface area contributed by atoms with Crippen LogP contribution < -0.4 is 11.5 Å². The molecule has 0 saturated carbocycles. The van der Waals surface area contributed by atoms with Crippen LogP contribution in [0.5, 0.6) is 0 Å². The van der Waals surface area contributed by atoms with Crippen molar-refractivity contribution in [3.8, 4) is 0 Å². The molecule has 0 radical (unpaired) electrons. The number of fused-ring (bicyclic) bond motifs is 1. The first-order chi connectivity index (χ1) is 18.6. The Hall–Kier alpha value is -3.69. The number of benzene rings is 1. The molecule has 3 atom stereocenters. The first-order valence-electron chi connectivity index (χ1n) is 13.5. The van der Waals surface area contributed by atoms with Gasteiger partial charge >= 0.3 is 0 Å². The SMILES string of the molecule is CC(C)[C@H](CC(=O)c1ccc2ccccc2n1)C(=O)N1CCC[C@H]1C(=O)C[C@@H](CCCN=C(N)N)C(=O)CF. The molecule has 1 aromatic heterocycles. The van der Waals surface area contributed by atoms with Crippen LogP contribution in [0.3, 0.4) is 0 Å². The van der Waals surface area contributed by atoms with Gasteiger partial charge in [0.05, 0.1) is 11.6 Å². The number of Topliss-reactive ketones (excluding diaryl/α,β-unsaturated/α-hetero) is 3. The molecule has 1 aliphatic heterocycles. The van der Waals surface area contributed by atoms with E-state index in [1.165, 1.54) is 0 Å².